The maximum Gasteiger partial charge on any atom is 0.337 e. The Morgan fingerprint density at radius 3 is 0.780 bits per heavy atom. The van der Waals surface area contributed by atoms with E-state index in [4.69, 9.17) is 4.74 Å². The summed E-state index contributed by atoms with van der Waals surface area (Å²) in [5.74, 6) is -0.660. The molecular formula is C46H92O4. The van der Waals surface area contributed by atoms with Crippen molar-refractivity contribution >= 4 is 5.97 Å². The molecule has 0 amide bonds. The topological polar surface area (TPSA) is 66.8 Å². The fourth-order valence-electron chi connectivity index (χ4n) is 7.38. The van der Waals surface area contributed by atoms with E-state index < -0.39 is 18.4 Å². The second-order valence-corrected chi connectivity index (χ2v) is 16.1. The first-order valence-electron chi connectivity index (χ1n) is 23.2. The summed E-state index contributed by atoms with van der Waals surface area (Å²) in [6.45, 7) is 4.57. The van der Waals surface area contributed by atoms with Gasteiger partial charge in [-0.1, -0.05) is 258 Å². The van der Waals surface area contributed by atoms with Crippen LogP contribution >= 0.6 is 0 Å². The summed E-state index contributed by atoms with van der Waals surface area (Å²) in [6, 6.07) is 0. The molecule has 4 nitrogen and oxygen atoms in total. The summed E-state index contributed by atoms with van der Waals surface area (Å²) in [6.07, 6.45) is 51.0. The summed E-state index contributed by atoms with van der Waals surface area (Å²) in [5, 5.41) is 20.2. The van der Waals surface area contributed by atoms with E-state index in [0.717, 1.165) is 25.7 Å². The summed E-state index contributed by atoms with van der Waals surface area (Å²) >= 11 is 0. The van der Waals surface area contributed by atoms with Crippen molar-refractivity contribution in [2.45, 2.75) is 289 Å². The van der Waals surface area contributed by atoms with E-state index in [2.05, 4.69) is 13.8 Å². The smallest absolute Gasteiger partial charge is 0.337 e. The fraction of sp³-hybridized carbons (Fsp3) is 0.978. The van der Waals surface area contributed by atoms with E-state index in [1.807, 2.05) is 0 Å². The molecule has 0 saturated carbocycles. The van der Waals surface area contributed by atoms with Gasteiger partial charge in [-0.3, -0.25) is 0 Å². The number of esters is 1. The van der Waals surface area contributed by atoms with Crippen molar-refractivity contribution in [2.24, 2.45) is 0 Å². The number of carbonyl (C=O) groups is 1. The monoisotopic (exact) mass is 709 g/mol. The van der Waals surface area contributed by atoms with Crippen molar-refractivity contribution in [1.29, 1.82) is 0 Å². The van der Waals surface area contributed by atoms with E-state index in [0.29, 0.717) is 12.8 Å². The quantitative estimate of drug-likeness (QED) is 0.0376. The van der Waals surface area contributed by atoms with E-state index >= 15 is 0 Å². The normalized spacial score (nSPS) is 12.8. The number of ether oxygens (including phenoxy) is 1. The molecule has 2 N–H and O–H groups in total. The first-order valence-corrected chi connectivity index (χ1v) is 23.2. The van der Waals surface area contributed by atoms with Crippen molar-refractivity contribution in [3.05, 3.63) is 0 Å². The molecule has 0 aromatic heterocycles. The second kappa shape index (κ2) is 42.8. The number of hydrogen-bond acceptors (Lipinski definition) is 4. The average Bonchev–Trinajstić information content (AvgIpc) is 3.11. The molecular weight excluding hydrogens is 617 g/mol. The van der Waals surface area contributed by atoms with Crippen LogP contribution in [0.5, 0.6) is 0 Å². The third-order valence-corrected chi connectivity index (χ3v) is 10.9. The van der Waals surface area contributed by atoms with Gasteiger partial charge < -0.3 is 14.9 Å². The van der Waals surface area contributed by atoms with Crippen LogP contribution in [0, 0.1) is 0 Å². The highest BCUT2D eigenvalue weighted by Crippen LogP contribution is 2.18. The van der Waals surface area contributed by atoms with Gasteiger partial charge in [0.15, 0.2) is 6.10 Å². The van der Waals surface area contributed by atoms with Gasteiger partial charge in [-0.2, -0.15) is 0 Å². The number of carbonyl (C=O) groups excluding carboxylic acids is 1. The lowest BCUT2D eigenvalue weighted by atomic mass is 10.0. The summed E-state index contributed by atoms with van der Waals surface area (Å²) in [7, 11) is 0. The minimum Gasteiger partial charge on any atom is -0.434 e. The molecule has 2 atom stereocenters. The molecule has 300 valence electrons. The summed E-state index contributed by atoms with van der Waals surface area (Å²) in [5.41, 5.74) is 0. The first-order chi connectivity index (χ1) is 24.6. The predicted octanol–water partition coefficient (Wildman–Crippen LogP) is 15.2. The summed E-state index contributed by atoms with van der Waals surface area (Å²) in [4.78, 5) is 12.1. The highest BCUT2D eigenvalue weighted by atomic mass is 16.6. The zero-order valence-corrected chi connectivity index (χ0v) is 34.4. The van der Waals surface area contributed by atoms with Crippen LogP contribution in [0.2, 0.25) is 0 Å². The molecule has 0 aliphatic rings. The molecule has 0 spiro atoms. The van der Waals surface area contributed by atoms with Gasteiger partial charge in [0.05, 0.1) is 0 Å². The Kier molecular flexibility index (Phi) is 42.3. The standard InChI is InChI=1S/C46H92O4/c1-3-5-7-9-11-13-15-17-19-20-21-22-23-24-25-26-27-28-29-31-33-35-37-39-41-43-45(48)50-46(49)44(47)42-40-38-36-34-32-30-18-16-14-12-10-8-6-4-2/h44-45,47-48H,3-43H2,1-2H3. The lowest BCUT2D eigenvalue weighted by Crippen LogP contribution is -2.28. The zero-order chi connectivity index (χ0) is 36.4. The molecule has 0 aromatic carbocycles. The molecule has 0 aliphatic heterocycles. The fourth-order valence-corrected chi connectivity index (χ4v) is 7.38. The van der Waals surface area contributed by atoms with Crippen LogP contribution in [0.15, 0.2) is 0 Å². The summed E-state index contributed by atoms with van der Waals surface area (Å²) < 4.78 is 5.10. The van der Waals surface area contributed by atoms with Gasteiger partial charge in [-0.25, -0.2) is 4.79 Å². The highest BCUT2D eigenvalue weighted by Gasteiger charge is 2.19. The van der Waals surface area contributed by atoms with Gasteiger partial charge in [0.2, 0.25) is 6.29 Å². The van der Waals surface area contributed by atoms with Crippen molar-refractivity contribution in [3.63, 3.8) is 0 Å². The maximum atomic E-state index is 12.1. The van der Waals surface area contributed by atoms with E-state index in [-0.39, 0.29) is 0 Å². The Hall–Kier alpha value is -0.610. The molecule has 0 fully saturated rings. The average molecular weight is 709 g/mol. The van der Waals surface area contributed by atoms with E-state index in [9.17, 15) is 15.0 Å². The molecule has 0 radical (unpaired) electrons. The van der Waals surface area contributed by atoms with Crippen LogP contribution in [0.4, 0.5) is 0 Å². The number of aliphatic hydroxyl groups excluding tert-OH is 2. The first kappa shape index (κ1) is 49.4. The van der Waals surface area contributed by atoms with Gasteiger partial charge in [0.1, 0.15) is 0 Å². The maximum absolute atomic E-state index is 12.1. The van der Waals surface area contributed by atoms with Crippen molar-refractivity contribution in [3.8, 4) is 0 Å². The van der Waals surface area contributed by atoms with Crippen LogP contribution < -0.4 is 0 Å². The Morgan fingerprint density at radius 1 is 0.340 bits per heavy atom. The molecule has 0 saturated heterocycles. The molecule has 50 heavy (non-hydrogen) atoms. The molecule has 2 unspecified atom stereocenters. The molecule has 4 heteroatoms. The number of rotatable bonds is 43. The van der Waals surface area contributed by atoms with Crippen LogP contribution in [0.25, 0.3) is 0 Å². The number of hydrogen-bond donors (Lipinski definition) is 2. The van der Waals surface area contributed by atoms with Crippen LogP contribution in [0.1, 0.15) is 277 Å². The lowest BCUT2D eigenvalue weighted by molar-refractivity contribution is -0.178. The largest absolute Gasteiger partial charge is 0.434 e. The van der Waals surface area contributed by atoms with Crippen LogP contribution in [-0.4, -0.2) is 28.6 Å². The SMILES string of the molecule is CCCCCCCCCCCCCCCCCCCCCCCCCCCC(O)OC(=O)C(O)CCCCCCCCCCCCCCCC. The molecule has 0 bridgehead atoms. The van der Waals surface area contributed by atoms with Gasteiger partial charge in [0, 0.05) is 6.42 Å². The highest BCUT2D eigenvalue weighted by molar-refractivity contribution is 5.74. The Bertz CT molecular complexity index is 638. The minimum atomic E-state index is -1.11. The molecule has 0 rings (SSSR count). The van der Waals surface area contributed by atoms with Crippen molar-refractivity contribution in [2.75, 3.05) is 0 Å². The second-order valence-electron chi connectivity index (χ2n) is 16.1. The van der Waals surface area contributed by atoms with Gasteiger partial charge in [0.25, 0.3) is 0 Å². The Balaban J connectivity index is 3.32. The van der Waals surface area contributed by atoms with Crippen LogP contribution in [0.3, 0.4) is 0 Å². The molecule has 0 heterocycles. The van der Waals surface area contributed by atoms with E-state index in [1.165, 1.54) is 225 Å². The van der Waals surface area contributed by atoms with Crippen molar-refractivity contribution < 1.29 is 19.7 Å². The third-order valence-electron chi connectivity index (χ3n) is 10.9. The van der Waals surface area contributed by atoms with Gasteiger partial charge in [-0.05, 0) is 12.8 Å². The predicted molar refractivity (Wildman–Crippen MR) is 219 cm³/mol. The van der Waals surface area contributed by atoms with Crippen molar-refractivity contribution in [1.82, 2.24) is 0 Å². The van der Waals surface area contributed by atoms with Gasteiger partial charge in [-0.15, -0.1) is 0 Å². The van der Waals surface area contributed by atoms with E-state index in [1.54, 1.807) is 0 Å². The Labute approximate surface area is 314 Å². The van der Waals surface area contributed by atoms with Crippen LogP contribution in [-0.2, 0) is 9.53 Å². The molecule has 0 aromatic rings. The zero-order valence-electron chi connectivity index (χ0n) is 34.4. The Morgan fingerprint density at radius 2 is 0.540 bits per heavy atom. The number of aliphatic hydroxyl groups is 2. The lowest BCUT2D eigenvalue weighted by Gasteiger charge is -2.15. The molecule has 0 aliphatic carbocycles. The third kappa shape index (κ3) is 40.2. The minimum absolute atomic E-state index is 0.434. The number of unbranched alkanes of at least 4 members (excludes halogenated alkanes) is 37. The van der Waals surface area contributed by atoms with Gasteiger partial charge >= 0.3 is 5.97 Å².